The smallest absolute Gasteiger partial charge is 0.266 e. The molecule has 0 N–H and O–H groups in total. The molecule has 2 unspecified atom stereocenters. The largest absolute Gasteiger partial charge is 0.296 e. The molecule has 0 radical (unpaired) electrons. The van der Waals surface area contributed by atoms with E-state index in [9.17, 15) is 8.42 Å². The Hall–Kier alpha value is -0.870. The van der Waals surface area contributed by atoms with Crippen molar-refractivity contribution in [1.82, 2.24) is 0 Å². The third kappa shape index (κ3) is 3.57. The van der Waals surface area contributed by atoms with Crippen LogP contribution in [0, 0.1) is 24.7 Å². The lowest BCUT2D eigenvalue weighted by molar-refractivity contribution is 0.252. The van der Waals surface area contributed by atoms with Gasteiger partial charge >= 0.3 is 0 Å². The van der Waals surface area contributed by atoms with Gasteiger partial charge in [-0.15, -0.1) is 0 Å². The van der Waals surface area contributed by atoms with Gasteiger partial charge in [-0.25, -0.2) is 0 Å². The van der Waals surface area contributed by atoms with Crippen molar-refractivity contribution in [2.75, 3.05) is 6.61 Å². The van der Waals surface area contributed by atoms with Gasteiger partial charge < -0.3 is 0 Å². The van der Waals surface area contributed by atoms with Gasteiger partial charge in [-0.3, -0.25) is 4.18 Å². The summed E-state index contributed by atoms with van der Waals surface area (Å²) in [6, 6.07) is 6.78. The number of aryl methyl sites for hydroxylation is 1. The average molecular weight is 282 g/mol. The van der Waals surface area contributed by atoms with Crippen LogP contribution in [0.15, 0.2) is 29.2 Å². The molecule has 2 atom stereocenters. The molecule has 0 saturated heterocycles. The van der Waals surface area contributed by atoms with Gasteiger partial charge in [0.1, 0.15) is 0 Å². The predicted molar refractivity (Wildman–Crippen MR) is 75.4 cm³/mol. The topological polar surface area (TPSA) is 43.4 Å². The van der Waals surface area contributed by atoms with Gasteiger partial charge in [0.15, 0.2) is 0 Å². The minimum absolute atomic E-state index is 0.247. The van der Waals surface area contributed by atoms with Crippen molar-refractivity contribution in [3.63, 3.8) is 0 Å². The van der Waals surface area contributed by atoms with E-state index >= 15 is 0 Å². The Morgan fingerprint density at radius 1 is 1.11 bits per heavy atom. The Labute approximate surface area is 116 Å². The summed E-state index contributed by atoms with van der Waals surface area (Å²) in [6.07, 6.45) is 2.12. The lowest BCUT2D eigenvalue weighted by Gasteiger charge is -2.10. The zero-order valence-corrected chi connectivity index (χ0v) is 12.6. The predicted octanol–water partition coefficient (Wildman–Crippen LogP) is 3.38. The van der Waals surface area contributed by atoms with Crippen LogP contribution < -0.4 is 0 Å². The molecular formula is C15H22O3S. The molecule has 19 heavy (non-hydrogen) atoms. The Morgan fingerprint density at radius 2 is 1.63 bits per heavy atom. The normalized spacial score (nSPS) is 27.6. The van der Waals surface area contributed by atoms with Gasteiger partial charge in [-0.05, 0) is 49.7 Å². The number of hydrogen-bond donors (Lipinski definition) is 0. The summed E-state index contributed by atoms with van der Waals surface area (Å²) >= 11 is 0. The second-order valence-electron chi connectivity index (χ2n) is 5.84. The van der Waals surface area contributed by atoms with Crippen molar-refractivity contribution in [3.8, 4) is 0 Å². The van der Waals surface area contributed by atoms with E-state index in [0.29, 0.717) is 24.4 Å². The molecule has 0 aromatic heterocycles. The van der Waals surface area contributed by atoms with Gasteiger partial charge in [0.2, 0.25) is 0 Å². The molecule has 0 amide bonds. The van der Waals surface area contributed by atoms with Gasteiger partial charge in [-0.2, -0.15) is 8.42 Å². The summed E-state index contributed by atoms with van der Waals surface area (Å²) in [5, 5.41) is 0. The maximum Gasteiger partial charge on any atom is 0.296 e. The van der Waals surface area contributed by atoms with Crippen molar-refractivity contribution in [1.29, 1.82) is 0 Å². The van der Waals surface area contributed by atoms with Crippen LogP contribution in [0.25, 0.3) is 0 Å². The molecule has 0 heterocycles. The number of rotatable bonds is 4. The highest BCUT2D eigenvalue weighted by atomic mass is 32.2. The Bertz CT molecular complexity index is 509. The average Bonchev–Trinajstić information content (AvgIpc) is 2.67. The molecule has 106 valence electrons. The van der Waals surface area contributed by atoms with Gasteiger partial charge in [0.25, 0.3) is 10.1 Å². The van der Waals surface area contributed by atoms with Crippen LogP contribution >= 0.6 is 0 Å². The van der Waals surface area contributed by atoms with E-state index in [0.717, 1.165) is 18.4 Å². The maximum atomic E-state index is 12.0. The molecule has 1 fully saturated rings. The van der Waals surface area contributed by atoms with Crippen LogP contribution in [0.4, 0.5) is 0 Å². The zero-order valence-electron chi connectivity index (χ0n) is 11.8. The summed E-state index contributed by atoms with van der Waals surface area (Å²) in [5.41, 5.74) is 1.04. The minimum Gasteiger partial charge on any atom is -0.266 e. The molecule has 1 saturated carbocycles. The van der Waals surface area contributed by atoms with Crippen molar-refractivity contribution < 1.29 is 12.6 Å². The van der Waals surface area contributed by atoms with E-state index in [4.69, 9.17) is 4.18 Å². The van der Waals surface area contributed by atoms with Gasteiger partial charge in [-0.1, -0.05) is 31.5 Å². The Morgan fingerprint density at radius 3 is 2.16 bits per heavy atom. The van der Waals surface area contributed by atoms with Gasteiger partial charge in [0.05, 0.1) is 11.5 Å². The van der Waals surface area contributed by atoms with Crippen LogP contribution in [0.3, 0.4) is 0 Å². The molecule has 4 heteroatoms. The standard InChI is InChI=1S/C15H22O3S/c1-11-4-6-15(7-5-11)19(16,17)18-10-14-8-12(2)13(3)9-14/h4-7,12-14H,8-10H2,1-3H3. The molecule has 1 aromatic carbocycles. The van der Waals surface area contributed by atoms with E-state index in [-0.39, 0.29) is 4.90 Å². The van der Waals surface area contributed by atoms with E-state index in [1.165, 1.54) is 0 Å². The van der Waals surface area contributed by atoms with E-state index in [2.05, 4.69) is 13.8 Å². The Balaban J connectivity index is 1.97. The summed E-state index contributed by atoms with van der Waals surface area (Å²) in [4.78, 5) is 0.247. The second kappa shape index (κ2) is 5.63. The highest BCUT2D eigenvalue weighted by molar-refractivity contribution is 7.86. The first kappa shape index (κ1) is 14.5. The summed E-state index contributed by atoms with van der Waals surface area (Å²) in [7, 11) is -3.60. The molecule has 2 rings (SSSR count). The lowest BCUT2D eigenvalue weighted by Crippen LogP contribution is -2.13. The van der Waals surface area contributed by atoms with Crippen LogP contribution in [0.2, 0.25) is 0 Å². The quantitative estimate of drug-likeness (QED) is 0.795. The summed E-state index contributed by atoms with van der Waals surface area (Å²) in [5.74, 6) is 1.69. The molecular weight excluding hydrogens is 260 g/mol. The van der Waals surface area contributed by atoms with Crippen LogP contribution in [0.5, 0.6) is 0 Å². The zero-order chi connectivity index (χ0) is 14.0. The third-order valence-electron chi connectivity index (χ3n) is 4.15. The van der Waals surface area contributed by atoms with Crippen molar-refractivity contribution in [2.24, 2.45) is 17.8 Å². The van der Waals surface area contributed by atoms with Crippen molar-refractivity contribution in [3.05, 3.63) is 29.8 Å². The molecule has 1 aliphatic carbocycles. The maximum absolute atomic E-state index is 12.0. The van der Waals surface area contributed by atoms with Crippen molar-refractivity contribution in [2.45, 2.75) is 38.5 Å². The third-order valence-corrected chi connectivity index (χ3v) is 5.45. The molecule has 0 aliphatic heterocycles. The van der Waals surface area contributed by atoms with Crippen LogP contribution in [-0.4, -0.2) is 15.0 Å². The number of benzene rings is 1. The van der Waals surface area contributed by atoms with Crippen LogP contribution in [-0.2, 0) is 14.3 Å². The fraction of sp³-hybridized carbons (Fsp3) is 0.600. The summed E-state index contributed by atoms with van der Waals surface area (Å²) < 4.78 is 29.3. The highest BCUT2D eigenvalue weighted by Crippen LogP contribution is 2.36. The highest BCUT2D eigenvalue weighted by Gasteiger charge is 2.29. The Kier molecular flexibility index (Phi) is 4.31. The van der Waals surface area contributed by atoms with E-state index in [1.54, 1.807) is 24.3 Å². The van der Waals surface area contributed by atoms with E-state index < -0.39 is 10.1 Å². The second-order valence-corrected chi connectivity index (χ2v) is 7.46. The summed E-state index contributed by atoms with van der Waals surface area (Å²) in [6.45, 7) is 6.68. The lowest BCUT2D eigenvalue weighted by atomic mass is 10.0. The molecule has 3 nitrogen and oxygen atoms in total. The fourth-order valence-electron chi connectivity index (χ4n) is 2.71. The van der Waals surface area contributed by atoms with Crippen LogP contribution in [0.1, 0.15) is 32.3 Å². The molecule has 1 aromatic rings. The first-order valence-corrected chi connectivity index (χ1v) is 8.25. The molecule has 0 spiro atoms. The van der Waals surface area contributed by atoms with Crippen molar-refractivity contribution >= 4 is 10.1 Å². The van der Waals surface area contributed by atoms with Gasteiger partial charge in [0, 0.05) is 0 Å². The first-order valence-electron chi connectivity index (χ1n) is 6.84. The molecule has 1 aliphatic rings. The van der Waals surface area contributed by atoms with E-state index in [1.807, 2.05) is 6.92 Å². The SMILES string of the molecule is Cc1ccc(S(=O)(=O)OCC2CC(C)C(C)C2)cc1. The first-order chi connectivity index (χ1) is 8.88. The number of hydrogen-bond acceptors (Lipinski definition) is 3. The minimum atomic E-state index is -3.60. The monoisotopic (exact) mass is 282 g/mol. The molecule has 0 bridgehead atoms. The fourth-order valence-corrected chi connectivity index (χ4v) is 3.68.